The average molecular weight is 446 g/mol. The number of hydrogen-bond acceptors (Lipinski definition) is 6. The van der Waals surface area contributed by atoms with Crippen molar-refractivity contribution in [3.63, 3.8) is 0 Å². The maximum atomic E-state index is 11.6. The second kappa shape index (κ2) is 10.2. The molecule has 1 unspecified atom stereocenters. The van der Waals surface area contributed by atoms with Crippen molar-refractivity contribution in [3.8, 4) is 0 Å². The van der Waals surface area contributed by atoms with E-state index in [1.807, 2.05) is 60.7 Å². The molecule has 0 saturated carbocycles. The summed E-state index contributed by atoms with van der Waals surface area (Å²) in [5.41, 5.74) is 8.01. The summed E-state index contributed by atoms with van der Waals surface area (Å²) < 4.78 is 5.06. The van der Waals surface area contributed by atoms with Crippen LogP contribution < -0.4 is 5.73 Å². The van der Waals surface area contributed by atoms with E-state index in [0.717, 1.165) is 27.4 Å². The first-order valence-corrected chi connectivity index (χ1v) is 10.5. The summed E-state index contributed by atoms with van der Waals surface area (Å²) in [7, 11) is 0. The van der Waals surface area contributed by atoms with E-state index in [9.17, 15) is 14.4 Å². The van der Waals surface area contributed by atoms with Gasteiger partial charge in [0.1, 0.15) is 24.6 Å². The first kappa shape index (κ1) is 23.8. The Morgan fingerprint density at radius 3 is 2.39 bits per heavy atom. The lowest BCUT2D eigenvalue weighted by Crippen LogP contribution is -2.45. The van der Waals surface area contributed by atoms with Gasteiger partial charge in [0.2, 0.25) is 0 Å². The number of fused-ring (bicyclic) bond motifs is 3. The Morgan fingerprint density at radius 2 is 1.73 bits per heavy atom. The number of H-pyrrole nitrogens is 1. The number of ketones is 1. The molecule has 0 radical (unpaired) electrons. The molecule has 2 heterocycles. The molecule has 0 aliphatic heterocycles. The smallest absolute Gasteiger partial charge is 0.324 e. The number of Topliss-reactive ketones (excluding diaryl/α,β-unsaturated/α-hetero) is 1. The number of para-hydroxylation sites is 1. The fourth-order valence-electron chi connectivity index (χ4n) is 3.24. The highest BCUT2D eigenvalue weighted by molar-refractivity contribution is 6.13. The summed E-state index contributed by atoms with van der Waals surface area (Å²) in [6.07, 6.45) is 2.35. The summed E-state index contributed by atoms with van der Waals surface area (Å²) in [6.45, 7) is 4.92. The van der Waals surface area contributed by atoms with E-state index < -0.39 is 17.4 Å². The molecule has 170 valence electrons. The number of aldehydes is 1. The summed E-state index contributed by atoms with van der Waals surface area (Å²) >= 11 is 0. The van der Waals surface area contributed by atoms with Crippen molar-refractivity contribution in [1.29, 1.82) is 0 Å². The van der Waals surface area contributed by atoms with Gasteiger partial charge in [-0.05, 0) is 17.7 Å². The van der Waals surface area contributed by atoms with Gasteiger partial charge in [0, 0.05) is 34.8 Å². The highest BCUT2D eigenvalue weighted by Gasteiger charge is 2.33. The lowest BCUT2D eigenvalue weighted by atomic mass is 9.87. The normalized spacial score (nSPS) is 12.0. The Balaban J connectivity index is 0.000000186. The van der Waals surface area contributed by atoms with E-state index in [2.05, 4.69) is 9.97 Å². The number of benzene rings is 2. The van der Waals surface area contributed by atoms with Crippen molar-refractivity contribution in [2.24, 2.45) is 11.1 Å². The molecule has 4 rings (SSSR count). The van der Waals surface area contributed by atoms with Crippen molar-refractivity contribution in [2.45, 2.75) is 33.4 Å². The molecule has 33 heavy (non-hydrogen) atoms. The van der Waals surface area contributed by atoms with Crippen LogP contribution in [-0.4, -0.2) is 34.0 Å². The zero-order valence-electron chi connectivity index (χ0n) is 18.9. The fourth-order valence-corrected chi connectivity index (χ4v) is 3.24. The number of esters is 1. The van der Waals surface area contributed by atoms with Crippen molar-refractivity contribution >= 4 is 39.8 Å². The largest absolute Gasteiger partial charge is 0.460 e. The Morgan fingerprint density at radius 1 is 1.06 bits per heavy atom. The van der Waals surface area contributed by atoms with Gasteiger partial charge in [-0.15, -0.1) is 0 Å². The predicted octanol–water partition coefficient (Wildman–Crippen LogP) is 4.20. The maximum Gasteiger partial charge on any atom is 0.324 e. The molecule has 0 spiro atoms. The minimum atomic E-state index is -0.941. The molecule has 0 aliphatic carbocycles. The van der Waals surface area contributed by atoms with E-state index >= 15 is 0 Å². The van der Waals surface area contributed by atoms with E-state index in [-0.39, 0.29) is 12.4 Å². The predicted molar refractivity (Wildman–Crippen MR) is 128 cm³/mol. The van der Waals surface area contributed by atoms with E-state index in [1.54, 1.807) is 20.0 Å². The molecule has 0 bridgehead atoms. The maximum absolute atomic E-state index is 11.6. The van der Waals surface area contributed by atoms with Crippen LogP contribution in [0.4, 0.5) is 0 Å². The van der Waals surface area contributed by atoms with Crippen molar-refractivity contribution in [3.05, 3.63) is 78.1 Å². The van der Waals surface area contributed by atoms with Gasteiger partial charge in [-0.25, -0.2) is 0 Å². The molecule has 0 saturated heterocycles. The Hall–Kier alpha value is -3.84. The highest BCUT2D eigenvalue weighted by Crippen LogP contribution is 2.26. The molecule has 0 fully saturated rings. The summed E-state index contributed by atoms with van der Waals surface area (Å²) in [5.74, 6) is -0.580. The van der Waals surface area contributed by atoms with Gasteiger partial charge in [0.25, 0.3) is 0 Å². The van der Waals surface area contributed by atoms with Gasteiger partial charge < -0.3 is 20.2 Å². The second-order valence-electron chi connectivity index (χ2n) is 8.32. The fraction of sp³-hybridized carbons (Fsp3) is 0.231. The third-order valence-electron chi connectivity index (χ3n) is 5.34. The number of nitrogens with zero attached hydrogens (tertiary/aromatic N) is 1. The van der Waals surface area contributed by atoms with Crippen LogP contribution in [0, 0.1) is 5.41 Å². The number of aromatic amines is 1. The van der Waals surface area contributed by atoms with Gasteiger partial charge in [-0.1, -0.05) is 62.4 Å². The molecule has 2 aromatic carbocycles. The molecule has 2 aromatic heterocycles. The minimum absolute atomic E-state index is 0.0165. The van der Waals surface area contributed by atoms with Gasteiger partial charge in [-0.2, -0.15) is 0 Å². The number of nitrogens with two attached hydrogens (primary N) is 1. The van der Waals surface area contributed by atoms with Crippen LogP contribution in [0.25, 0.3) is 21.8 Å². The number of ether oxygens (including phenoxy) is 1. The second-order valence-corrected chi connectivity index (χ2v) is 8.32. The first-order chi connectivity index (χ1) is 15.7. The SMILES string of the molecule is CC(=O)c1nccc2c1[nH]c1ccccc12.CC(C)(C=O)C(N)C(=O)OCc1ccccc1. The molecule has 7 heteroatoms. The molecule has 3 N–H and O–H groups in total. The molecule has 4 aromatic rings. The molecular weight excluding hydrogens is 418 g/mol. The van der Waals surface area contributed by atoms with Crippen LogP contribution in [0.1, 0.15) is 36.8 Å². The number of carbonyl (C=O) groups excluding carboxylic acids is 3. The minimum Gasteiger partial charge on any atom is -0.460 e. The van der Waals surface area contributed by atoms with Gasteiger partial charge in [0.15, 0.2) is 5.78 Å². The lowest BCUT2D eigenvalue weighted by Gasteiger charge is -2.23. The molecule has 0 aliphatic rings. The first-order valence-electron chi connectivity index (χ1n) is 10.5. The molecular formula is C26H27N3O4. The van der Waals surface area contributed by atoms with Crippen LogP contribution in [-0.2, 0) is 20.9 Å². The van der Waals surface area contributed by atoms with Gasteiger partial charge in [-0.3, -0.25) is 14.6 Å². The molecule has 0 amide bonds. The standard InChI is InChI=1S/C13H10N2O.C13H17NO3/c1-8(16)12-13-10(6-7-14-12)9-4-2-3-5-11(9)15-13;1-13(2,9-15)11(14)12(16)17-8-10-6-4-3-5-7-10/h2-7,15H,1H3;3-7,9,11H,8,14H2,1-2H3. The zero-order chi connectivity index (χ0) is 24.0. The number of hydrogen-bond donors (Lipinski definition) is 2. The lowest BCUT2D eigenvalue weighted by molar-refractivity contribution is -0.150. The Labute approximate surface area is 192 Å². The summed E-state index contributed by atoms with van der Waals surface area (Å²) in [6, 6.07) is 18.3. The van der Waals surface area contributed by atoms with Crippen LogP contribution >= 0.6 is 0 Å². The average Bonchev–Trinajstić information content (AvgIpc) is 3.21. The third kappa shape index (κ3) is 5.51. The molecule has 7 nitrogen and oxygen atoms in total. The number of rotatable bonds is 6. The number of carbonyl (C=O) groups is 3. The Bertz CT molecular complexity index is 1280. The van der Waals surface area contributed by atoms with Crippen LogP contribution in [0.3, 0.4) is 0 Å². The Kier molecular flexibility index (Phi) is 7.35. The monoisotopic (exact) mass is 445 g/mol. The van der Waals surface area contributed by atoms with Crippen LogP contribution in [0.2, 0.25) is 0 Å². The number of aromatic nitrogens is 2. The summed E-state index contributed by atoms with van der Waals surface area (Å²) in [4.78, 5) is 41.2. The summed E-state index contributed by atoms with van der Waals surface area (Å²) in [5, 5.41) is 2.18. The number of nitrogens with one attached hydrogen (secondary N) is 1. The number of pyridine rings is 1. The highest BCUT2D eigenvalue weighted by atomic mass is 16.5. The van der Waals surface area contributed by atoms with Crippen molar-refractivity contribution in [1.82, 2.24) is 9.97 Å². The van der Waals surface area contributed by atoms with Gasteiger partial charge >= 0.3 is 5.97 Å². The van der Waals surface area contributed by atoms with Crippen LogP contribution in [0.15, 0.2) is 66.9 Å². The third-order valence-corrected chi connectivity index (χ3v) is 5.34. The van der Waals surface area contributed by atoms with Crippen LogP contribution in [0.5, 0.6) is 0 Å². The van der Waals surface area contributed by atoms with Gasteiger partial charge in [0.05, 0.1) is 5.52 Å². The topological polar surface area (TPSA) is 115 Å². The van der Waals surface area contributed by atoms with E-state index in [1.165, 1.54) is 6.92 Å². The quantitative estimate of drug-likeness (QED) is 0.261. The zero-order valence-corrected chi connectivity index (χ0v) is 18.9. The molecule has 1 atom stereocenters. The van der Waals surface area contributed by atoms with Crippen molar-refractivity contribution < 1.29 is 19.1 Å². The van der Waals surface area contributed by atoms with Crippen molar-refractivity contribution in [2.75, 3.05) is 0 Å². The van der Waals surface area contributed by atoms with E-state index in [0.29, 0.717) is 12.0 Å². The van der Waals surface area contributed by atoms with E-state index in [4.69, 9.17) is 10.5 Å².